The van der Waals surface area contributed by atoms with E-state index in [0.717, 1.165) is 0 Å². The summed E-state index contributed by atoms with van der Waals surface area (Å²) in [6, 6.07) is 13.3. The van der Waals surface area contributed by atoms with Gasteiger partial charge in [-0.25, -0.2) is 9.97 Å². The minimum atomic E-state index is 0.00528. The standard InChI is InChI=1S/C16H14N4O2/c17-13-14(9-5-1-3-7-11(9)21)19-16(18)20-15(13)10-6-2-4-8-12(10)22/h1-8,21-22H,17H2,(H2,18,19,20). The van der Waals surface area contributed by atoms with Gasteiger partial charge in [0.2, 0.25) is 5.95 Å². The molecule has 1 aromatic heterocycles. The van der Waals surface area contributed by atoms with E-state index >= 15 is 0 Å². The second-order valence-electron chi connectivity index (χ2n) is 4.73. The van der Waals surface area contributed by atoms with Crippen molar-refractivity contribution in [2.45, 2.75) is 0 Å². The van der Waals surface area contributed by atoms with Crippen LogP contribution in [-0.4, -0.2) is 20.2 Å². The number of nitrogen functional groups attached to an aromatic ring is 2. The Morgan fingerprint density at radius 1 is 0.682 bits per heavy atom. The normalized spacial score (nSPS) is 10.5. The van der Waals surface area contributed by atoms with E-state index < -0.39 is 0 Å². The molecular weight excluding hydrogens is 280 g/mol. The van der Waals surface area contributed by atoms with Gasteiger partial charge in [0.05, 0.1) is 5.69 Å². The molecule has 3 rings (SSSR count). The Hall–Kier alpha value is -3.28. The molecule has 22 heavy (non-hydrogen) atoms. The summed E-state index contributed by atoms with van der Waals surface area (Å²) in [6.45, 7) is 0. The molecule has 0 radical (unpaired) electrons. The van der Waals surface area contributed by atoms with E-state index in [1.165, 1.54) is 12.1 Å². The molecule has 0 spiro atoms. The van der Waals surface area contributed by atoms with Crippen molar-refractivity contribution >= 4 is 11.6 Å². The zero-order chi connectivity index (χ0) is 15.7. The maximum atomic E-state index is 9.99. The van der Waals surface area contributed by atoms with Crippen LogP contribution in [0.4, 0.5) is 11.6 Å². The van der Waals surface area contributed by atoms with Crippen LogP contribution in [0.5, 0.6) is 11.5 Å². The molecule has 2 aromatic carbocycles. The minimum absolute atomic E-state index is 0.00528. The van der Waals surface area contributed by atoms with Crippen LogP contribution >= 0.6 is 0 Å². The lowest BCUT2D eigenvalue weighted by Gasteiger charge is -2.12. The largest absolute Gasteiger partial charge is 0.507 e. The lowest BCUT2D eigenvalue weighted by atomic mass is 10.0. The summed E-state index contributed by atoms with van der Waals surface area (Å²) >= 11 is 0. The molecule has 0 fully saturated rings. The Morgan fingerprint density at radius 2 is 1.09 bits per heavy atom. The molecule has 0 atom stereocenters. The van der Waals surface area contributed by atoms with Crippen LogP contribution in [-0.2, 0) is 0 Å². The average molecular weight is 294 g/mol. The first-order valence-corrected chi connectivity index (χ1v) is 6.57. The molecule has 0 aliphatic carbocycles. The minimum Gasteiger partial charge on any atom is -0.507 e. The molecule has 0 unspecified atom stereocenters. The highest BCUT2D eigenvalue weighted by molar-refractivity contribution is 5.88. The molecule has 0 saturated carbocycles. The fourth-order valence-electron chi connectivity index (χ4n) is 2.25. The van der Waals surface area contributed by atoms with Crippen LogP contribution < -0.4 is 11.5 Å². The first-order chi connectivity index (χ1) is 10.6. The molecule has 6 heteroatoms. The topological polar surface area (TPSA) is 118 Å². The van der Waals surface area contributed by atoms with Crippen molar-refractivity contribution in [2.75, 3.05) is 11.5 Å². The second-order valence-corrected chi connectivity index (χ2v) is 4.73. The summed E-state index contributed by atoms with van der Waals surface area (Å²) in [5.74, 6) is 0.0803. The van der Waals surface area contributed by atoms with E-state index in [4.69, 9.17) is 11.5 Å². The van der Waals surface area contributed by atoms with Crippen LogP contribution in [0, 0.1) is 0 Å². The Balaban J connectivity index is 2.28. The van der Waals surface area contributed by atoms with Gasteiger partial charge in [-0.1, -0.05) is 24.3 Å². The molecule has 3 aromatic rings. The van der Waals surface area contributed by atoms with E-state index in [2.05, 4.69) is 9.97 Å². The molecule has 6 nitrogen and oxygen atoms in total. The molecular formula is C16H14N4O2. The summed E-state index contributed by atoms with van der Waals surface area (Å²) < 4.78 is 0. The van der Waals surface area contributed by atoms with Gasteiger partial charge >= 0.3 is 0 Å². The number of hydrogen-bond acceptors (Lipinski definition) is 6. The summed E-state index contributed by atoms with van der Waals surface area (Å²) in [7, 11) is 0. The predicted molar refractivity (Wildman–Crippen MR) is 85.1 cm³/mol. The summed E-state index contributed by atoms with van der Waals surface area (Å²) in [6.07, 6.45) is 0. The van der Waals surface area contributed by atoms with E-state index in [0.29, 0.717) is 22.5 Å². The molecule has 110 valence electrons. The van der Waals surface area contributed by atoms with Gasteiger partial charge in [0.15, 0.2) is 0 Å². The Kier molecular flexibility index (Phi) is 3.27. The van der Waals surface area contributed by atoms with Crippen LogP contribution in [0.25, 0.3) is 22.5 Å². The van der Waals surface area contributed by atoms with Crippen molar-refractivity contribution in [3.63, 3.8) is 0 Å². The van der Waals surface area contributed by atoms with Crippen LogP contribution in [0.15, 0.2) is 48.5 Å². The highest BCUT2D eigenvalue weighted by atomic mass is 16.3. The summed E-state index contributed by atoms with van der Waals surface area (Å²) in [5, 5.41) is 20.0. The van der Waals surface area contributed by atoms with Gasteiger partial charge in [-0.3, -0.25) is 0 Å². The van der Waals surface area contributed by atoms with Crippen LogP contribution in [0.1, 0.15) is 0 Å². The Bertz CT molecular complexity index is 783. The first kappa shape index (κ1) is 13.7. The number of rotatable bonds is 2. The van der Waals surface area contributed by atoms with Crippen molar-refractivity contribution in [1.82, 2.24) is 9.97 Å². The van der Waals surface area contributed by atoms with E-state index in [-0.39, 0.29) is 23.1 Å². The van der Waals surface area contributed by atoms with Crippen molar-refractivity contribution in [2.24, 2.45) is 0 Å². The third-order valence-electron chi connectivity index (χ3n) is 3.28. The number of phenolic OH excluding ortho intramolecular Hbond substituents is 2. The summed E-state index contributed by atoms with van der Waals surface area (Å²) in [5.41, 5.74) is 13.7. The van der Waals surface area contributed by atoms with Gasteiger partial charge in [-0.15, -0.1) is 0 Å². The molecule has 0 amide bonds. The number of phenols is 2. The molecule has 6 N–H and O–H groups in total. The fraction of sp³-hybridized carbons (Fsp3) is 0. The maximum Gasteiger partial charge on any atom is 0.221 e. The maximum absolute atomic E-state index is 9.99. The quantitative estimate of drug-likeness (QED) is 0.576. The van der Waals surface area contributed by atoms with E-state index in [1.54, 1.807) is 36.4 Å². The average Bonchev–Trinajstić information content (AvgIpc) is 2.51. The Labute approximate surface area is 126 Å². The molecule has 0 saturated heterocycles. The van der Waals surface area contributed by atoms with Gasteiger partial charge in [0.1, 0.15) is 22.9 Å². The first-order valence-electron chi connectivity index (χ1n) is 6.57. The van der Waals surface area contributed by atoms with Crippen LogP contribution in [0.2, 0.25) is 0 Å². The number of aromatic hydroxyl groups is 2. The number of aromatic nitrogens is 2. The van der Waals surface area contributed by atoms with Crippen molar-refractivity contribution in [3.8, 4) is 34.0 Å². The van der Waals surface area contributed by atoms with Gasteiger partial charge in [-0.05, 0) is 24.3 Å². The van der Waals surface area contributed by atoms with Crippen molar-refractivity contribution < 1.29 is 10.2 Å². The fourth-order valence-corrected chi connectivity index (χ4v) is 2.25. The highest BCUT2D eigenvalue weighted by Gasteiger charge is 2.17. The number of nitrogens with two attached hydrogens (primary N) is 2. The number of hydrogen-bond donors (Lipinski definition) is 4. The third kappa shape index (κ3) is 2.26. The van der Waals surface area contributed by atoms with Crippen molar-refractivity contribution in [1.29, 1.82) is 0 Å². The van der Waals surface area contributed by atoms with E-state index in [1.807, 2.05) is 0 Å². The number of para-hydroxylation sites is 2. The van der Waals surface area contributed by atoms with Gasteiger partial charge in [-0.2, -0.15) is 0 Å². The molecule has 1 heterocycles. The molecule has 0 bridgehead atoms. The van der Waals surface area contributed by atoms with Crippen LogP contribution in [0.3, 0.4) is 0 Å². The van der Waals surface area contributed by atoms with Gasteiger partial charge in [0, 0.05) is 11.1 Å². The Morgan fingerprint density at radius 3 is 1.50 bits per heavy atom. The van der Waals surface area contributed by atoms with E-state index in [9.17, 15) is 10.2 Å². The number of benzene rings is 2. The predicted octanol–water partition coefficient (Wildman–Crippen LogP) is 2.39. The third-order valence-corrected chi connectivity index (χ3v) is 3.28. The lowest BCUT2D eigenvalue weighted by Crippen LogP contribution is -2.04. The molecule has 0 aliphatic rings. The number of nitrogens with zero attached hydrogens (tertiary/aromatic N) is 2. The van der Waals surface area contributed by atoms with Crippen molar-refractivity contribution in [3.05, 3.63) is 48.5 Å². The zero-order valence-electron chi connectivity index (χ0n) is 11.6. The second kappa shape index (κ2) is 5.25. The molecule has 0 aliphatic heterocycles. The van der Waals surface area contributed by atoms with Gasteiger partial charge < -0.3 is 21.7 Å². The smallest absolute Gasteiger partial charge is 0.221 e. The highest BCUT2D eigenvalue weighted by Crippen LogP contribution is 2.38. The van der Waals surface area contributed by atoms with Gasteiger partial charge in [0.25, 0.3) is 0 Å². The monoisotopic (exact) mass is 294 g/mol. The number of anilines is 2. The lowest BCUT2D eigenvalue weighted by molar-refractivity contribution is 0.477. The SMILES string of the molecule is Nc1nc(-c2ccccc2O)c(N)c(-c2ccccc2O)n1. The zero-order valence-corrected chi connectivity index (χ0v) is 11.6. The summed E-state index contributed by atoms with van der Waals surface area (Å²) in [4.78, 5) is 8.24.